The third-order valence-corrected chi connectivity index (χ3v) is 6.32. The lowest BCUT2D eigenvalue weighted by atomic mass is 9.83. The van der Waals surface area contributed by atoms with Crippen LogP contribution in [-0.2, 0) is 9.84 Å². The number of benzene rings is 1. The van der Waals surface area contributed by atoms with Crippen LogP contribution in [0.3, 0.4) is 0 Å². The fraction of sp³-hybridized carbons (Fsp3) is 0.600. The molecule has 4 heteroatoms. The van der Waals surface area contributed by atoms with Crippen molar-refractivity contribution in [1.29, 1.82) is 0 Å². The molecule has 0 radical (unpaired) electrons. The standard InChI is InChI=1S/C15H23NO2S/c1-10-6-11(2)8-14(7-10)19(17,18)13-4-5-15(16)12(3)9-13/h4-5,9-11,14H,6-8,16H2,1-3H3. The minimum atomic E-state index is -3.22. The van der Waals surface area contributed by atoms with Gasteiger partial charge in [-0.2, -0.15) is 0 Å². The number of hydrogen-bond acceptors (Lipinski definition) is 3. The van der Waals surface area contributed by atoms with Gasteiger partial charge in [-0.1, -0.05) is 13.8 Å². The smallest absolute Gasteiger partial charge is 0.181 e. The van der Waals surface area contributed by atoms with Crippen molar-refractivity contribution in [2.45, 2.75) is 50.2 Å². The van der Waals surface area contributed by atoms with Crippen molar-refractivity contribution in [3.05, 3.63) is 23.8 Å². The zero-order valence-corrected chi connectivity index (χ0v) is 12.7. The first kappa shape index (κ1) is 14.4. The lowest BCUT2D eigenvalue weighted by molar-refractivity contribution is 0.301. The Bertz CT molecular complexity index is 556. The van der Waals surface area contributed by atoms with Gasteiger partial charge in [-0.15, -0.1) is 0 Å². The zero-order valence-electron chi connectivity index (χ0n) is 11.9. The van der Waals surface area contributed by atoms with Gasteiger partial charge < -0.3 is 5.73 Å². The average molecular weight is 281 g/mol. The molecule has 0 aromatic heterocycles. The predicted octanol–water partition coefficient (Wildman–Crippen LogP) is 3.18. The molecule has 2 unspecified atom stereocenters. The van der Waals surface area contributed by atoms with E-state index in [0.29, 0.717) is 22.4 Å². The molecule has 19 heavy (non-hydrogen) atoms. The quantitative estimate of drug-likeness (QED) is 0.847. The maximum Gasteiger partial charge on any atom is 0.181 e. The van der Waals surface area contributed by atoms with Crippen LogP contribution in [0.25, 0.3) is 0 Å². The molecule has 1 aromatic carbocycles. The topological polar surface area (TPSA) is 60.2 Å². The van der Waals surface area contributed by atoms with Crippen LogP contribution in [0.1, 0.15) is 38.7 Å². The maximum absolute atomic E-state index is 12.7. The van der Waals surface area contributed by atoms with Gasteiger partial charge in [0.1, 0.15) is 0 Å². The van der Waals surface area contributed by atoms with Crippen molar-refractivity contribution in [2.24, 2.45) is 11.8 Å². The Balaban J connectivity index is 2.33. The molecule has 1 aliphatic carbocycles. The van der Waals surface area contributed by atoms with Gasteiger partial charge in [0, 0.05) is 5.69 Å². The zero-order chi connectivity index (χ0) is 14.2. The molecule has 0 spiro atoms. The molecule has 0 aliphatic heterocycles. The number of anilines is 1. The first-order valence-corrected chi connectivity index (χ1v) is 8.45. The van der Waals surface area contributed by atoms with Gasteiger partial charge in [0.25, 0.3) is 0 Å². The van der Waals surface area contributed by atoms with Gasteiger partial charge >= 0.3 is 0 Å². The molecule has 1 aliphatic rings. The number of nitrogens with two attached hydrogens (primary N) is 1. The van der Waals surface area contributed by atoms with Crippen LogP contribution in [0.4, 0.5) is 5.69 Å². The molecular weight excluding hydrogens is 258 g/mol. The third kappa shape index (κ3) is 2.94. The second-order valence-electron chi connectivity index (χ2n) is 6.10. The summed E-state index contributed by atoms with van der Waals surface area (Å²) < 4.78 is 25.4. The van der Waals surface area contributed by atoms with E-state index in [1.54, 1.807) is 18.2 Å². The van der Waals surface area contributed by atoms with Crippen LogP contribution in [-0.4, -0.2) is 13.7 Å². The van der Waals surface area contributed by atoms with Crippen LogP contribution in [0.15, 0.2) is 23.1 Å². The van der Waals surface area contributed by atoms with Crippen molar-refractivity contribution in [1.82, 2.24) is 0 Å². The summed E-state index contributed by atoms with van der Waals surface area (Å²) in [7, 11) is -3.22. The Morgan fingerprint density at radius 1 is 1.11 bits per heavy atom. The Morgan fingerprint density at radius 2 is 1.68 bits per heavy atom. The molecule has 0 saturated heterocycles. The Morgan fingerprint density at radius 3 is 2.21 bits per heavy atom. The van der Waals surface area contributed by atoms with E-state index in [4.69, 9.17) is 5.73 Å². The monoisotopic (exact) mass is 281 g/mol. The highest BCUT2D eigenvalue weighted by Gasteiger charge is 2.34. The van der Waals surface area contributed by atoms with Gasteiger partial charge in [0.2, 0.25) is 0 Å². The summed E-state index contributed by atoms with van der Waals surface area (Å²) in [5.74, 6) is 0.969. The first-order chi connectivity index (χ1) is 8.80. The van der Waals surface area contributed by atoms with E-state index >= 15 is 0 Å². The number of nitrogen functional groups attached to an aromatic ring is 1. The van der Waals surface area contributed by atoms with Crippen molar-refractivity contribution >= 4 is 15.5 Å². The van der Waals surface area contributed by atoms with E-state index in [1.807, 2.05) is 6.92 Å². The Kier molecular flexibility index (Phi) is 3.90. The number of sulfone groups is 1. The molecule has 0 amide bonds. The van der Waals surface area contributed by atoms with Gasteiger partial charge in [-0.3, -0.25) is 0 Å². The highest BCUT2D eigenvalue weighted by molar-refractivity contribution is 7.92. The summed E-state index contributed by atoms with van der Waals surface area (Å²) in [4.78, 5) is 0.422. The second kappa shape index (κ2) is 5.16. The molecule has 0 heterocycles. The molecule has 2 N–H and O–H groups in total. The van der Waals surface area contributed by atoms with Gasteiger partial charge in [0.15, 0.2) is 9.84 Å². The Labute approximate surface area is 116 Å². The molecule has 106 valence electrons. The van der Waals surface area contributed by atoms with E-state index in [1.165, 1.54) is 0 Å². The van der Waals surface area contributed by atoms with E-state index < -0.39 is 9.84 Å². The summed E-state index contributed by atoms with van der Waals surface area (Å²) in [6.07, 6.45) is 2.68. The summed E-state index contributed by atoms with van der Waals surface area (Å²) in [6.45, 7) is 6.14. The summed E-state index contributed by atoms with van der Waals surface area (Å²) in [5.41, 5.74) is 7.23. The molecule has 1 saturated carbocycles. The summed E-state index contributed by atoms with van der Waals surface area (Å²) >= 11 is 0. The molecule has 0 bridgehead atoms. The summed E-state index contributed by atoms with van der Waals surface area (Å²) in [5, 5.41) is -0.241. The van der Waals surface area contributed by atoms with E-state index in [9.17, 15) is 8.42 Å². The fourth-order valence-electron chi connectivity index (χ4n) is 3.14. The molecule has 2 atom stereocenters. The molecule has 1 aromatic rings. The van der Waals surface area contributed by atoms with E-state index in [-0.39, 0.29) is 5.25 Å². The van der Waals surface area contributed by atoms with Gasteiger partial charge in [0.05, 0.1) is 10.1 Å². The highest BCUT2D eigenvalue weighted by Crippen LogP contribution is 2.35. The van der Waals surface area contributed by atoms with Gasteiger partial charge in [-0.05, 0) is 61.8 Å². The minimum absolute atomic E-state index is 0.241. The molecule has 1 fully saturated rings. The van der Waals surface area contributed by atoms with E-state index in [0.717, 1.165) is 24.8 Å². The number of rotatable bonds is 2. The van der Waals surface area contributed by atoms with E-state index in [2.05, 4.69) is 13.8 Å². The molecule has 2 rings (SSSR count). The lowest BCUT2D eigenvalue weighted by Gasteiger charge is -2.31. The lowest BCUT2D eigenvalue weighted by Crippen LogP contribution is -2.31. The molecule has 3 nitrogen and oxygen atoms in total. The largest absolute Gasteiger partial charge is 0.399 e. The van der Waals surface area contributed by atoms with Crippen LogP contribution in [0.2, 0.25) is 0 Å². The van der Waals surface area contributed by atoms with Crippen LogP contribution in [0, 0.1) is 18.8 Å². The minimum Gasteiger partial charge on any atom is -0.399 e. The second-order valence-corrected chi connectivity index (χ2v) is 8.33. The van der Waals surface area contributed by atoms with Crippen LogP contribution < -0.4 is 5.73 Å². The predicted molar refractivity (Wildman–Crippen MR) is 78.7 cm³/mol. The van der Waals surface area contributed by atoms with Crippen molar-refractivity contribution < 1.29 is 8.42 Å². The van der Waals surface area contributed by atoms with Crippen LogP contribution >= 0.6 is 0 Å². The highest BCUT2D eigenvalue weighted by atomic mass is 32.2. The number of aryl methyl sites for hydroxylation is 1. The van der Waals surface area contributed by atoms with Crippen molar-refractivity contribution in [3.8, 4) is 0 Å². The Hall–Kier alpha value is -1.03. The molecular formula is C15H23NO2S. The van der Waals surface area contributed by atoms with Crippen LogP contribution in [0.5, 0.6) is 0 Å². The van der Waals surface area contributed by atoms with Crippen molar-refractivity contribution in [2.75, 3.05) is 5.73 Å². The number of hydrogen-bond donors (Lipinski definition) is 1. The normalized spacial score (nSPS) is 28.3. The summed E-state index contributed by atoms with van der Waals surface area (Å²) in [6, 6.07) is 5.04. The third-order valence-electron chi connectivity index (χ3n) is 4.14. The van der Waals surface area contributed by atoms with Gasteiger partial charge in [-0.25, -0.2) is 8.42 Å². The SMILES string of the molecule is Cc1cc(S(=O)(=O)C2CC(C)CC(C)C2)ccc1N. The first-order valence-electron chi connectivity index (χ1n) is 6.90. The van der Waals surface area contributed by atoms with Crippen molar-refractivity contribution in [3.63, 3.8) is 0 Å². The maximum atomic E-state index is 12.7. The fourth-order valence-corrected chi connectivity index (χ4v) is 5.29. The average Bonchev–Trinajstić information content (AvgIpc) is 2.31.